The SMILES string of the molecule is CC1CCC(OCc2ccc([Si](C)(C)C)cc2)CC1. The second kappa shape index (κ2) is 6.23. The van der Waals surface area contributed by atoms with Crippen molar-refractivity contribution < 1.29 is 4.74 Å². The zero-order valence-corrected chi connectivity index (χ0v) is 13.9. The summed E-state index contributed by atoms with van der Waals surface area (Å²) in [6.45, 7) is 10.3. The third kappa shape index (κ3) is 4.46. The number of rotatable bonds is 4. The van der Waals surface area contributed by atoms with Gasteiger partial charge in [0.2, 0.25) is 0 Å². The van der Waals surface area contributed by atoms with Crippen molar-refractivity contribution in [2.45, 2.75) is 65.0 Å². The summed E-state index contributed by atoms with van der Waals surface area (Å²) in [6, 6.07) is 9.10. The first-order chi connectivity index (χ1) is 8.95. The van der Waals surface area contributed by atoms with Crippen LogP contribution in [0.15, 0.2) is 24.3 Å². The molecule has 2 rings (SSSR count). The maximum atomic E-state index is 6.05. The molecule has 1 aliphatic rings. The third-order valence-corrected chi connectivity index (χ3v) is 6.33. The van der Waals surface area contributed by atoms with Gasteiger partial charge >= 0.3 is 0 Å². The molecule has 0 spiro atoms. The lowest BCUT2D eigenvalue weighted by Crippen LogP contribution is -2.37. The molecule has 0 radical (unpaired) electrons. The Morgan fingerprint density at radius 2 is 1.58 bits per heavy atom. The Morgan fingerprint density at radius 1 is 1.00 bits per heavy atom. The molecule has 0 bridgehead atoms. The van der Waals surface area contributed by atoms with Crippen LogP contribution in [0.1, 0.15) is 38.2 Å². The zero-order valence-electron chi connectivity index (χ0n) is 12.9. The quantitative estimate of drug-likeness (QED) is 0.744. The molecule has 0 saturated heterocycles. The molecule has 1 nitrogen and oxygen atoms in total. The van der Waals surface area contributed by atoms with Crippen molar-refractivity contribution in [2.24, 2.45) is 5.92 Å². The van der Waals surface area contributed by atoms with Crippen LogP contribution in [-0.2, 0) is 11.3 Å². The molecule has 19 heavy (non-hydrogen) atoms. The fourth-order valence-corrected chi connectivity index (χ4v) is 3.88. The van der Waals surface area contributed by atoms with E-state index in [1.165, 1.54) is 36.4 Å². The van der Waals surface area contributed by atoms with Crippen LogP contribution in [0.5, 0.6) is 0 Å². The molecule has 106 valence electrons. The molecule has 0 amide bonds. The van der Waals surface area contributed by atoms with Gasteiger partial charge in [0, 0.05) is 0 Å². The summed E-state index contributed by atoms with van der Waals surface area (Å²) in [5.74, 6) is 0.899. The number of ether oxygens (including phenoxy) is 1. The second-order valence-electron chi connectivity index (χ2n) is 7.14. The van der Waals surface area contributed by atoms with Gasteiger partial charge in [-0.2, -0.15) is 0 Å². The van der Waals surface area contributed by atoms with Gasteiger partial charge in [-0.3, -0.25) is 0 Å². The molecule has 0 aromatic heterocycles. The van der Waals surface area contributed by atoms with Crippen LogP contribution < -0.4 is 5.19 Å². The Labute approximate surface area is 119 Å². The van der Waals surface area contributed by atoms with Crippen molar-refractivity contribution in [1.82, 2.24) is 0 Å². The molecule has 1 aromatic carbocycles. The molecular formula is C17H28OSi. The summed E-state index contributed by atoms with van der Waals surface area (Å²) in [6.07, 6.45) is 5.65. The van der Waals surface area contributed by atoms with Gasteiger partial charge in [-0.1, -0.05) is 56.0 Å². The third-order valence-electron chi connectivity index (χ3n) is 4.27. The molecule has 0 heterocycles. The Bertz CT molecular complexity index is 383. The van der Waals surface area contributed by atoms with Gasteiger partial charge in [-0.15, -0.1) is 0 Å². The molecule has 1 fully saturated rings. The van der Waals surface area contributed by atoms with Crippen LogP contribution in [0.4, 0.5) is 0 Å². The van der Waals surface area contributed by atoms with Crippen LogP contribution in [0, 0.1) is 5.92 Å². The molecule has 0 atom stereocenters. The van der Waals surface area contributed by atoms with Crippen molar-refractivity contribution in [1.29, 1.82) is 0 Å². The minimum atomic E-state index is -1.16. The van der Waals surface area contributed by atoms with Gasteiger partial charge in [0.05, 0.1) is 20.8 Å². The van der Waals surface area contributed by atoms with Crippen molar-refractivity contribution >= 4 is 13.3 Å². The average molecular weight is 276 g/mol. The van der Waals surface area contributed by atoms with E-state index in [9.17, 15) is 0 Å². The van der Waals surface area contributed by atoms with Crippen LogP contribution in [0.2, 0.25) is 19.6 Å². The zero-order chi connectivity index (χ0) is 13.9. The van der Waals surface area contributed by atoms with E-state index < -0.39 is 8.07 Å². The average Bonchev–Trinajstić information content (AvgIpc) is 2.37. The monoisotopic (exact) mass is 276 g/mol. The maximum Gasteiger partial charge on any atom is 0.0775 e. The standard InChI is InChI=1S/C17H28OSi/c1-14-5-9-16(10-6-14)18-13-15-7-11-17(12-8-15)19(2,3)4/h7-8,11-12,14,16H,5-6,9-10,13H2,1-4H3. The van der Waals surface area contributed by atoms with Gasteiger partial charge < -0.3 is 4.74 Å². The minimum Gasteiger partial charge on any atom is -0.374 e. The van der Waals surface area contributed by atoms with Crippen LogP contribution in [0.25, 0.3) is 0 Å². The number of hydrogen-bond acceptors (Lipinski definition) is 1. The molecule has 0 N–H and O–H groups in total. The van der Waals surface area contributed by atoms with E-state index in [0.29, 0.717) is 6.10 Å². The summed E-state index contributed by atoms with van der Waals surface area (Å²) in [7, 11) is -1.16. The van der Waals surface area contributed by atoms with E-state index in [0.717, 1.165) is 12.5 Å². The molecule has 1 saturated carbocycles. The Balaban J connectivity index is 1.83. The largest absolute Gasteiger partial charge is 0.374 e. The van der Waals surface area contributed by atoms with E-state index in [1.54, 1.807) is 0 Å². The minimum absolute atomic E-state index is 0.493. The predicted octanol–water partition coefficient (Wildman–Crippen LogP) is 4.33. The fraction of sp³-hybridized carbons (Fsp3) is 0.647. The molecule has 2 heteroatoms. The predicted molar refractivity (Wildman–Crippen MR) is 85.6 cm³/mol. The first-order valence-electron chi connectivity index (χ1n) is 7.66. The van der Waals surface area contributed by atoms with Crippen molar-refractivity contribution in [3.8, 4) is 0 Å². The highest BCUT2D eigenvalue weighted by molar-refractivity contribution is 6.88. The molecule has 0 aliphatic heterocycles. The number of benzene rings is 1. The summed E-state index contributed by atoms with van der Waals surface area (Å²) >= 11 is 0. The molecular weight excluding hydrogens is 248 g/mol. The smallest absolute Gasteiger partial charge is 0.0775 e. The van der Waals surface area contributed by atoms with Gasteiger partial charge in [0.25, 0.3) is 0 Å². The van der Waals surface area contributed by atoms with Gasteiger partial charge in [0.15, 0.2) is 0 Å². The summed E-state index contributed by atoms with van der Waals surface area (Å²) in [5.41, 5.74) is 1.32. The molecule has 1 aromatic rings. The highest BCUT2D eigenvalue weighted by atomic mass is 28.3. The fourth-order valence-electron chi connectivity index (χ4n) is 2.71. The normalized spacial score (nSPS) is 24.4. The first-order valence-corrected chi connectivity index (χ1v) is 11.2. The summed E-state index contributed by atoms with van der Waals surface area (Å²) in [4.78, 5) is 0. The first kappa shape index (κ1) is 14.8. The van der Waals surface area contributed by atoms with Crippen LogP contribution in [0.3, 0.4) is 0 Å². The lowest BCUT2D eigenvalue weighted by atomic mass is 9.89. The van der Waals surface area contributed by atoms with E-state index in [2.05, 4.69) is 50.8 Å². The van der Waals surface area contributed by atoms with Gasteiger partial charge in [-0.05, 0) is 37.2 Å². The second-order valence-corrected chi connectivity index (χ2v) is 12.2. The van der Waals surface area contributed by atoms with E-state index >= 15 is 0 Å². The van der Waals surface area contributed by atoms with E-state index in [-0.39, 0.29) is 0 Å². The van der Waals surface area contributed by atoms with E-state index in [4.69, 9.17) is 4.74 Å². The topological polar surface area (TPSA) is 9.23 Å². The summed E-state index contributed by atoms with van der Waals surface area (Å²) < 4.78 is 6.05. The van der Waals surface area contributed by atoms with E-state index in [1.807, 2.05) is 0 Å². The van der Waals surface area contributed by atoms with Crippen LogP contribution in [-0.4, -0.2) is 14.2 Å². The van der Waals surface area contributed by atoms with Crippen molar-refractivity contribution in [3.63, 3.8) is 0 Å². The highest BCUT2D eigenvalue weighted by Crippen LogP contribution is 2.26. The van der Waals surface area contributed by atoms with Gasteiger partial charge in [-0.25, -0.2) is 0 Å². The van der Waals surface area contributed by atoms with Crippen LogP contribution >= 0.6 is 0 Å². The highest BCUT2D eigenvalue weighted by Gasteiger charge is 2.19. The Morgan fingerprint density at radius 3 is 2.11 bits per heavy atom. The number of hydrogen-bond donors (Lipinski definition) is 0. The lowest BCUT2D eigenvalue weighted by Gasteiger charge is -2.26. The molecule has 1 aliphatic carbocycles. The Hall–Kier alpha value is -0.603. The Kier molecular flexibility index (Phi) is 4.85. The lowest BCUT2D eigenvalue weighted by molar-refractivity contribution is 0.00878. The van der Waals surface area contributed by atoms with Crippen molar-refractivity contribution in [3.05, 3.63) is 29.8 Å². The van der Waals surface area contributed by atoms with Gasteiger partial charge in [0.1, 0.15) is 0 Å². The van der Waals surface area contributed by atoms with Crippen molar-refractivity contribution in [2.75, 3.05) is 0 Å². The maximum absolute atomic E-state index is 6.05. The molecule has 0 unspecified atom stereocenters. The summed E-state index contributed by atoms with van der Waals surface area (Å²) in [5, 5.41) is 1.53.